The van der Waals surface area contributed by atoms with E-state index >= 15 is 0 Å². The molecule has 6 heteroatoms. The molecule has 0 bridgehead atoms. The minimum absolute atomic E-state index is 0.0150. The maximum absolute atomic E-state index is 12.7. The van der Waals surface area contributed by atoms with Crippen LogP contribution < -0.4 is 5.73 Å². The first kappa shape index (κ1) is 12.9. The van der Waals surface area contributed by atoms with Crippen molar-refractivity contribution in [3.63, 3.8) is 0 Å². The van der Waals surface area contributed by atoms with Gasteiger partial charge in [-0.25, -0.2) is 13.4 Å². The largest absolute Gasteiger partial charge is 0.396 e. The Morgan fingerprint density at radius 2 is 2.05 bits per heavy atom. The highest BCUT2D eigenvalue weighted by atomic mass is 32.2. The number of pyridine rings is 1. The molecule has 0 aromatic carbocycles. The molecule has 1 aromatic rings. The van der Waals surface area contributed by atoms with Gasteiger partial charge in [0, 0.05) is 18.8 Å². The number of anilines is 1. The van der Waals surface area contributed by atoms with Crippen LogP contribution in [0.15, 0.2) is 23.4 Å². The summed E-state index contributed by atoms with van der Waals surface area (Å²) in [7, 11) is -3.54. The van der Waals surface area contributed by atoms with Gasteiger partial charge in [-0.2, -0.15) is 4.31 Å². The second-order valence-electron chi connectivity index (χ2n) is 5.41. The molecule has 1 saturated heterocycles. The highest BCUT2D eigenvalue weighted by molar-refractivity contribution is 7.89. The Hall–Kier alpha value is -1.14. The highest BCUT2D eigenvalue weighted by Gasteiger charge is 2.43. The van der Waals surface area contributed by atoms with Crippen LogP contribution in [0.3, 0.4) is 0 Å². The molecular formula is C13H19N3O2S. The zero-order chi connectivity index (χ0) is 13.5. The third kappa shape index (κ3) is 2.12. The van der Waals surface area contributed by atoms with Gasteiger partial charge >= 0.3 is 0 Å². The molecule has 1 aromatic heterocycles. The summed E-state index contributed by atoms with van der Waals surface area (Å²) in [6.45, 7) is 0.605. The van der Waals surface area contributed by atoms with Crippen LogP contribution in [0.2, 0.25) is 0 Å². The van der Waals surface area contributed by atoms with Crippen LogP contribution in [0.1, 0.15) is 32.1 Å². The Labute approximate surface area is 113 Å². The molecule has 1 saturated carbocycles. The number of nitrogen functional groups attached to an aromatic ring is 1. The average Bonchev–Trinajstić information content (AvgIpc) is 2.83. The molecule has 1 aliphatic carbocycles. The number of sulfonamides is 1. The van der Waals surface area contributed by atoms with Crippen molar-refractivity contribution in [3.05, 3.63) is 18.3 Å². The number of aromatic nitrogens is 1. The Morgan fingerprint density at radius 1 is 1.26 bits per heavy atom. The molecule has 5 nitrogen and oxygen atoms in total. The third-order valence-corrected chi connectivity index (χ3v) is 6.21. The Balaban J connectivity index is 1.95. The van der Waals surface area contributed by atoms with Gasteiger partial charge in [-0.3, -0.25) is 0 Å². The maximum atomic E-state index is 12.7. The van der Waals surface area contributed by atoms with Gasteiger partial charge in [-0.15, -0.1) is 0 Å². The lowest BCUT2D eigenvalue weighted by atomic mass is 9.86. The molecule has 2 fully saturated rings. The van der Waals surface area contributed by atoms with E-state index in [0.717, 1.165) is 25.7 Å². The normalized spacial score (nSPS) is 28.2. The fourth-order valence-corrected chi connectivity index (χ4v) is 5.15. The minimum atomic E-state index is -3.54. The average molecular weight is 281 g/mol. The number of nitrogens with two attached hydrogens (primary N) is 1. The molecule has 1 aliphatic heterocycles. The first-order valence-corrected chi connectivity index (χ1v) is 8.27. The van der Waals surface area contributed by atoms with Crippen LogP contribution in [0.5, 0.6) is 0 Å². The maximum Gasteiger partial charge on any atom is 0.262 e. The second-order valence-corrected chi connectivity index (χ2v) is 7.22. The monoisotopic (exact) mass is 281 g/mol. The molecular weight excluding hydrogens is 262 g/mol. The predicted molar refractivity (Wildman–Crippen MR) is 72.9 cm³/mol. The summed E-state index contributed by atoms with van der Waals surface area (Å²) in [5.41, 5.74) is 6.01. The quantitative estimate of drug-likeness (QED) is 0.893. The van der Waals surface area contributed by atoms with Gasteiger partial charge in [0.05, 0.1) is 5.69 Å². The van der Waals surface area contributed by atoms with Crippen molar-refractivity contribution >= 4 is 15.7 Å². The molecule has 2 aliphatic rings. The first-order chi connectivity index (χ1) is 9.10. The molecule has 19 heavy (non-hydrogen) atoms. The molecule has 2 N–H and O–H groups in total. The smallest absolute Gasteiger partial charge is 0.262 e. The Kier molecular flexibility index (Phi) is 3.22. The van der Waals surface area contributed by atoms with E-state index in [0.29, 0.717) is 12.5 Å². The number of nitrogens with zero attached hydrogens (tertiary/aromatic N) is 2. The van der Waals surface area contributed by atoms with Crippen molar-refractivity contribution in [2.45, 2.75) is 43.2 Å². The van der Waals surface area contributed by atoms with E-state index in [9.17, 15) is 8.42 Å². The summed E-state index contributed by atoms with van der Waals surface area (Å²) in [4.78, 5) is 3.98. The molecule has 0 radical (unpaired) electrons. The van der Waals surface area contributed by atoms with Gasteiger partial charge in [-0.1, -0.05) is 12.8 Å². The number of fused-ring (bicyclic) bond motifs is 1. The van der Waals surface area contributed by atoms with E-state index in [4.69, 9.17) is 5.73 Å². The lowest BCUT2D eigenvalue weighted by molar-refractivity contribution is 0.260. The zero-order valence-electron chi connectivity index (χ0n) is 10.8. The Bertz CT molecular complexity index is 573. The summed E-state index contributed by atoms with van der Waals surface area (Å²) >= 11 is 0. The van der Waals surface area contributed by atoms with Gasteiger partial charge in [0.25, 0.3) is 10.0 Å². The zero-order valence-corrected chi connectivity index (χ0v) is 11.6. The summed E-state index contributed by atoms with van der Waals surface area (Å²) < 4.78 is 27.0. The van der Waals surface area contributed by atoms with Crippen LogP contribution in [0.4, 0.5) is 5.69 Å². The number of hydrogen-bond acceptors (Lipinski definition) is 4. The summed E-state index contributed by atoms with van der Waals surface area (Å²) in [6, 6.07) is 3.40. The van der Waals surface area contributed by atoms with Crippen LogP contribution in [-0.2, 0) is 10.0 Å². The SMILES string of the molecule is Nc1cccnc1S(=O)(=O)N1CCC2CCCCC21. The van der Waals surface area contributed by atoms with Crippen LogP contribution in [0, 0.1) is 5.92 Å². The fraction of sp³-hybridized carbons (Fsp3) is 0.615. The lowest BCUT2D eigenvalue weighted by Crippen LogP contribution is -2.39. The van der Waals surface area contributed by atoms with Crippen LogP contribution in [0.25, 0.3) is 0 Å². The number of rotatable bonds is 2. The van der Waals surface area contributed by atoms with Crippen molar-refractivity contribution in [1.82, 2.24) is 9.29 Å². The van der Waals surface area contributed by atoms with E-state index in [1.165, 1.54) is 12.6 Å². The van der Waals surface area contributed by atoms with Crippen LogP contribution in [-0.4, -0.2) is 30.3 Å². The van der Waals surface area contributed by atoms with Gasteiger partial charge in [-0.05, 0) is 37.3 Å². The predicted octanol–water partition coefficient (Wildman–Crippen LogP) is 1.62. The summed E-state index contributed by atoms with van der Waals surface area (Å²) in [5.74, 6) is 0.522. The lowest BCUT2D eigenvalue weighted by Gasteiger charge is -2.30. The molecule has 104 valence electrons. The van der Waals surface area contributed by atoms with Crippen LogP contribution >= 0.6 is 0 Å². The fourth-order valence-electron chi connectivity index (χ4n) is 3.39. The van der Waals surface area contributed by atoms with Crippen molar-refractivity contribution < 1.29 is 8.42 Å². The summed E-state index contributed by atoms with van der Waals surface area (Å²) in [5, 5.41) is 0.0150. The highest BCUT2D eigenvalue weighted by Crippen LogP contribution is 2.39. The second kappa shape index (κ2) is 4.76. The van der Waals surface area contributed by atoms with Gasteiger partial charge in [0.15, 0.2) is 5.03 Å². The molecule has 0 spiro atoms. The van der Waals surface area contributed by atoms with Crippen molar-refractivity contribution in [2.24, 2.45) is 5.92 Å². The summed E-state index contributed by atoms with van der Waals surface area (Å²) in [6.07, 6.45) is 6.91. The molecule has 0 amide bonds. The van der Waals surface area contributed by atoms with Gasteiger partial charge in [0.1, 0.15) is 0 Å². The standard InChI is InChI=1S/C13H19N3O2S/c14-11-5-3-8-15-13(11)19(17,18)16-9-7-10-4-1-2-6-12(10)16/h3,5,8,10,12H,1-2,4,6-7,9,14H2. The van der Waals surface area contributed by atoms with Gasteiger partial charge in [0.2, 0.25) is 0 Å². The first-order valence-electron chi connectivity index (χ1n) is 6.83. The van der Waals surface area contributed by atoms with Crippen molar-refractivity contribution in [2.75, 3.05) is 12.3 Å². The van der Waals surface area contributed by atoms with E-state index in [1.54, 1.807) is 16.4 Å². The Morgan fingerprint density at radius 3 is 2.84 bits per heavy atom. The topological polar surface area (TPSA) is 76.3 Å². The van der Waals surface area contributed by atoms with Crippen molar-refractivity contribution in [1.29, 1.82) is 0 Å². The molecule has 2 atom stereocenters. The third-order valence-electron chi connectivity index (χ3n) is 4.31. The van der Waals surface area contributed by atoms with E-state index in [2.05, 4.69) is 4.98 Å². The van der Waals surface area contributed by atoms with E-state index in [1.807, 2.05) is 0 Å². The van der Waals surface area contributed by atoms with E-state index in [-0.39, 0.29) is 16.8 Å². The molecule has 3 rings (SSSR count). The molecule has 2 heterocycles. The van der Waals surface area contributed by atoms with E-state index < -0.39 is 10.0 Å². The minimum Gasteiger partial charge on any atom is -0.396 e. The van der Waals surface area contributed by atoms with Crippen molar-refractivity contribution in [3.8, 4) is 0 Å². The van der Waals surface area contributed by atoms with Gasteiger partial charge < -0.3 is 5.73 Å². The molecule has 2 unspecified atom stereocenters. The number of hydrogen-bond donors (Lipinski definition) is 1.